The highest BCUT2D eigenvalue weighted by Gasteiger charge is 2.14. The minimum Gasteiger partial charge on any atom is -0.484 e. The van der Waals surface area contributed by atoms with Gasteiger partial charge in [-0.3, -0.25) is 4.79 Å². The van der Waals surface area contributed by atoms with E-state index in [1.54, 1.807) is 48.5 Å². The lowest BCUT2D eigenvalue weighted by Crippen LogP contribution is -2.24. The van der Waals surface area contributed by atoms with E-state index in [4.69, 9.17) is 4.74 Å². The molecule has 0 aliphatic carbocycles. The average Bonchev–Trinajstić information content (AvgIpc) is 2.66. The molecule has 0 spiro atoms. The number of methoxy groups -OCH3 is 1. The molecule has 0 radical (unpaired) electrons. The normalized spacial score (nSPS) is 11.1. The van der Waals surface area contributed by atoms with Crippen molar-refractivity contribution >= 4 is 27.6 Å². The molecular weight excluding hydrogens is 384 g/mol. The summed E-state index contributed by atoms with van der Waals surface area (Å²) in [5.41, 5.74) is 1.37. The number of para-hydroxylation sites is 1. The van der Waals surface area contributed by atoms with Gasteiger partial charge >= 0.3 is 5.97 Å². The summed E-state index contributed by atoms with van der Waals surface area (Å²) in [7, 11) is -0.496. The molecule has 9 heteroatoms. The van der Waals surface area contributed by atoms with Gasteiger partial charge in [-0.15, -0.1) is 0 Å². The van der Waals surface area contributed by atoms with Crippen LogP contribution in [0.4, 0.5) is 5.69 Å². The number of hydrogen-bond acceptors (Lipinski definition) is 6. The van der Waals surface area contributed by atoms with Crippen LogP contribution in [0.25, 0.3) is 0 Å². The molecule has 0 aliphatic heterocycles. The molecule has 0 aliphatic rings. The Morgan fingerprint density at radius 2 is 1.71 bits per heavy atom. The van der Waals surface area contributed by atoms with Crippen LogP contribution >= 0.6 is 0 Å². The van der Waals surface area contributed by atoms with Crippen LogP contribution in [0.3, 0.4) is 0 Å². The van der Waals surface area contributed by atoms with Crippen LogP contribution in [0.5, 0.6) is 5.75 Å². The maximum absolute atomic E-state index is 12.1. The van der Waals surface area contributed by atoms with Crippen molar-refractivity contribution in [1.29, 1.82) is 0 Å². The highest BCUT2D eigenvalue weighted by atomic mass is 32.2. The van der Waals surface area contributed by atoms with Gasteiger partial charge in [-0.05, 0) is 29.8 Å². The Hall–Kier alpha value is -2.91. The monoisotopic (exact) mass is 406 g/mol. The Kier molecular flexibility index (Phi) is 7.13. The summed E-state index contributed by atoms with van der Waals surface area (Å²) < 4.78 is 34.2. The number of ether oxygens (including phenoxy) is 2. The van der Waals surface area contributed by atoms with Crippen LogP contribution in [0.15, 0.2) is 48.5 Å². The fraction of sp³-hybridized carbons (Fsp3) is 0.263. The predicted octanol–water partition coefficient (Wildman–Crippen LogP) is 1.88. The molecule has 1 amide bonds. The number of nitrogens with zero attached hydrogens (tertiary/aromatic N) is 1. The quantitative estimate of drug-likeness (QED) is 0.672. The predicted molar refractivity (Wildman–Crippen MR) is 105 cm³/mol. The summed E-state index contributed by atoms with van der Waals surface area (Å²) in [5, 5.41) is 2.61. The van der Waals surface area contributed by atoms with Crippen LogP contribution in [0.2, 0.25) is 0 Å². The van der Waals surface area contributed by atoms with Gasteiger partial charge in [0.05, 0.1) is 24.6 Å². The number of carbonyl (C=O) groups is 2. The molecule has 0 saturated carbocycles. The molecule has 150 valence electrons. The van der Waals surface area contributed by atoms with E-state index in [0.29, 0.717) is 11.4 Å². The molecule has 0 aromatic heterocycles. The molecule has 0 unspecified atom stereocenters. The van der Waals surface area contributed by atoms with E-state index >= 15 is 0 Å². The molecule has 8 nitrogen and oxygen atoms in total. The maximum Gasteiger partial charge on any atom is 0.339 e. The van der Waals surface area contributed by atoms with Crippen LogP contribution in [-0.2, 0) is 26.1 Å². The fourth-order valence-electron chi connectivity index (χ4n) is 2.28. The first kappa shape index (κ1) is 21.4. The summed E-state index contributed by atoms with van der Waals surface area (Å²) >= 11 is 0. The van der Waals surface area contributed by atoms with E-state index in [-0.39, 0.29) is 18.7 Å². The topological polar surface area (TPSA) is 102 Å². The number of rotatable bonds is 8. The summed E-state index contributed by atoms with van der Waals surface area (Å²) in [4.78, 5) is 23.8. The first-order valence-corrected chi connectivity index (χ1v) is 10.2. The van der Waals surface area contributed by atoms with E-state index in [1.165, 1.54) is 18.5 Å². The van der Waals surface area contributed by atoms with Gasteiger partial charge in [0.25, 0.3) is 5.91 Å². The van der Waals surface area contributed by atoms with Crippen molar-refractivity contribution in [2.75, 3.05) is 32.3 Å². The van der Waals surface area contributed by atoms with Gasteiger partial charge < -0.3 is 14.8 Å². The number of carbonyl (C=O) groups excluding carboxylic acids is 2. The molecule has 2 aromatic rings. The van der Waals surface area contributed by atoms with Gasteiger partial charge in [0.2, 0.25) is 10.0 Å². The van der Waals surface area contributed by atoms with Crippen LogP contribution in [0, 0.1) is 0 Å². The Morgan fingerprint density at radius 1 is 1.07 bits per heavy atom. The summed E-state index contributed by atoms with van der Waals surface area (Å²) in [6.07, 6.45) is 1.14. The smallest absolute Gasteiger partial charge is 0.339 e. The minimum atomic E-state index is -3.26. The largest absolute Gasteiger partial charge is 0.484 e. The lowest BCUT2D eigenvalue weighted by molar-refractivity contribution is -0.118. The third-order valence-electron chi connectivity index (χ3n) is 3.87. The second-order valence-electron chi connectivity index (χ2n) is 6.04. The lowest BCUT2D eigenvalue weighted by Gasteiger charge is -2.14. The fourth-order valence-corrected chi connectivity index (χ4v) is 2.66. The summed E-state index contributed by atoms with van der Waals surface area (Å²) in [6, 6.07) is 13.3. The van der Waals surface area contributed by atoms with Crippen LogP contribution in [0.1, 0.15) is 15.9 Å². The van der Waals surface area contributed by atoms with E-state index in [2.05, 4.69) is 10.1 Å². The molecule has 1 N–H and O–H groups in total. The Bertz CT molecular complexity index is 941. The maximum atomic E-state index is 12.1. The SMILES string of the molecule is COC(=O)c1ccccc1NC(=O)COc1ccc(CN(C)S(C)(=O)=O)cc1. The van der Waals surface area contributed by atoms with Crippen molar-refractivity contribution in [3.8, 4) is 5.75 Å². The third-order valence-corrected chi connectivity index (χ3v) is 5.13. The molecular formula is C19H22N2O6S. The standard InChI is InChI=1S/C19H22N2O6S/c1-21(28(3,24)25)12-14-8-10-15(11-9-14)27-13-18(22)20-17-7-5-4-6-16(17)19(23)26-2/h4-11H,12-13H2,1-3H3,(H,20,22). The summed E-state index contributed by atoms with van der Waals surface area (Å²) in [5.74, 6) is -0.522. The Labute approximate surface area is 164 Å². The molecule has 0 bridgehead atoms. The third kappa shape index (κ3) is 6.07. The summed E-state index contributed by atoms with van der Waals surface area (Å²) in [6.45, 7) is -0.0119. The molecule has 0 heterocycles. The average molecular weight is 406 g/mol. The van der Waals surface area contributed by atoms with Crippen molar-refractivity contribution in [1.82, 2.24) is 4.31 Å². The van der Waals surface area contributed by atoms with Gasteiger partial charge in [0, 0.05) is 13.6 Å². The van der Waals surface area contributed by atoms with Gasteiger partial charge in [-0.25, -0.2) is 17.5 Å². The van der Waals surface area contributed by atoms with Crippen molar-refractivity contribution in [3.05, 3.63) is 59.7 Å². The number of esters is 1. The van der Waals surface area contributed by atoms with E-state index in [1.807, 2.05) is 0 Å². The van der Waals surface area contributed by atoms with Gasteiger partial charge in [0.15, 0.2) is 6.61 Å². The lowest BCUT2D eigenvalue weighted by atomic mass is 10.2. The minimum absolute atomic E-state index is 0.240. The molecule has 2 aromatic carbocycles. The Morgan fingerprint density at radius 3 is 2.32 bits per heavy atom. The second kappa shape index (κ2) is 9.34. The number of nitrogens with one attached hydrogen (secondary N) is 1. The number of sulfonamides is 1. The number of amides is 1. The molecule has 2 rings (SSSR count). The van der Waals surface area contributed by atoms with Crippen molar-refractivity contribution < 1.29 is 27.5 Å². The molecule has 28 heavy (non-hydrogen) atoms. The second-order valence-corrected chi connectivity index (χ2v) is 8.13. The molecule has 0 fully saturated rings. The van der Waals surface area contributed by atoms with E-state index in [0.717, 1.165) is 11.8 Å². The zero-order valence-corrected chi connectivity index (χ0v) is 16.7. The first-order valence-electron chi connectivity index (χ1n) is 8.31. The van der Waals surface area contributed by atoms with Crippen LogP contribution < -0.4 is 10.1 Å². The van der Waals surface area contributed by atoms with Gasteiger partial charge in [-0.2, -0.15) is 0 Å². The molecule has 0 saturated heterocycles. The number of hydrogen-bond donors (Lipinski definition) is 1. The van der Waals surface area contributed by atoms with Gasteiger partial charge in [0.1, 0.15) is 5.75 Å². The first-order chi connectivity index (χ1) is 13.2. The number of anilines is 1. The highest BCUT2D eigenvalue weighted by molar-refractivity contribution is 7.88. The van der Waals surface area contributed by atoms with E-state index in [9.17, 15) is 18.0 Å². The molecule has 0 atom stereocenters. The zero-order valence-electron chi connectivity index (χ0n) is 15.8. The highest BCUT2D eigenvalue weighted by Crippen LogP contribution is 2.17. The van der Waals surface area contributed by atoms with Crippen molar-refractivity contribution in [3.63, 3.8) is 0 Å². The van der Waals surface area contributed by atoms with Crippen molar-refractivity contribution in [2.45, 2.75) is 6.54 Å². The Balaban J connectivity index is 1.92. The van der Waals surface area contributed by atoms with Crippen molar-refractivity contribution in [2.24, 2.45) is 0 Å². The van der Waals surface area contributed by atoms with Gasteiger partial charge in [-0.1, -0.05) is 24.3 Å². The zero-order chi connectivity index (χ0) is 20.7. The van der Waals surface area contributed by atoms with Crippen LogP contribution in [-0.4, -0.2) is 51.6 Å². The van der Waals surface area contributed by atoms with E-state index < -0.39 is 21.9 Å². The number of benzene rings is 2.